The lowest BCUT2D eigenvalue weighted by atomic mass is 10.0. The Kier molecular flexibility index (Phi) is 3.41. The molecule has 2 aromatic carbocycles. The first-order valence-electron chi connectivity index (χ1n) is 7.81. The summed E-state index contributed by atoms with van der Waals surface area (Å²) in [5, 5.41) is 3.06. The molecule has 0 saturated heterocycles. The van der Waals surface area contributed by atoms with Gasteiger partial charge in [0.2, 0.25) is 0 Å². The molecule has 2 aliphatic heterocycles. The molecule has 0 bridgehead atoms. The number of hydrogen-bond donors (Lipinski definition) is 1. The summed E-state index contributed by atoms with van der Waals surface area (Å²) in [5.74, 6) is 1.50. The van der Waals surface area contributed by atoms with Crippen LogP contribution in [0.5, 0.6) is 11.5 Å². The highest BCUT2D eigenvalue weighted by Crippen LogP contribution is 2.34. The van der Waals surface area contributed by atoms with Crippen LogP contribution in [0.25, 0.3) is 6.08 Å². The smallest absolute Gasteiger partial charge is 0.255 e. The van der Waals surface area contributed by atoms with E-state index in [2.05, 4.69) is 16.3 Å². The Labute approximate surface area is 140 Å². The molecule has 0 saturated carbocycles. The zero-order valence-corrected chi connectivity index (χ0v) is 13.6. The minimum absolute atomic E-state index is 0.0601. The third-order valence-electron chi connectivity index (χ3n) is 4.49. The van der Waals surface area contributed by atoms with Crippen molar-refractivity contribution in [2.45, 2.75) is 6.17 Å². The number of nitrogens with one attached hydrogen (secondary N) is 1. The summed E-state index contributed by atoms with van der Waals surface area (Å²) < 4.78 is 11.1. The van der Waals surface area contributed by atoms with Crippen molar-refractivity contribution in [1.82, 2.24) is 5.32 Å². The number of methoxy groups -OCH3 is 1. The van der Waals surface area contributed by atoms with E-state index in [1.807, 2.05) is 49.5 Å². The molecule has 5 nitrogen and oxygen atoms in total. The number of hydrogen-bond acceptors (Lipinski definition) is 4. The molecular weight excluding hydrogens is 304 g/mol. The van der Waals surface area contributed by atoms with Crippen molar-refractivity contribution in [3.8, 4) is 11.5 Å². The first kappa shape index (κ1) is 14.6. The highest BCUT2D eigenvalue weighted by molar-refractivity contribution is 6.02. The van der Waals surface area contributed by atoms with Crippen molar-refractivity contribution < 1.29 is 14.3 Å². The second-order valence-electron chi connectivity index (χ2n) is 5.92. The summed E-state index contributed by atoms with van der Waals surface area (Å²) in [6.07, 6.45) is 1.86. The van der Waals surface area contributed by atoms with Gasteiger partial charge < -0.3 is 19.7 Å². The Balaban J connectivity index is 1.69. The van der Waals surface area contributed by atoms with E-state index < -0.39 is 0 Å². The Morgan fingerprint density at radius 2 is 2.08 bits per heavy atom. The van der Waals surface area contributed by atoms with Crippen LogP contribution in [-0.4, -0.2) is 32.8 Å². The molecule has 2 aliphatic rings. The molecular formula is C19H18N2O3. The van der Waals surface area contributed by atoms with Crippen molar-refractivity contribution in [2.24, 2.45) is 0 Å². The fourth-order valence-corrected chi connectivity index (χ4v) is 3.20. The highest BCUT2D eigenvalue weighted by Gasteiger charge is 2.31. The number of fused-ring (bicyclic) bond motifs is 2. The molecule has 1 N–H and O–H groups in total. The third kappa shape index (κ3) is 2.29. The molecule has 1 amide bonds. The van der Waals surface area contributed by atoms with E-state index in [9.17, 15) is 4.79 Å². The van der Waals surface area contributed by atoms with Crippen LogP contribution in [0.3, 0.4) is 0 Å². The van der Waals surface area contributed by atoms with E-state index in [4.69, 9.17) is 9.47 Å². The molecule has 0 aliphatic carbocycles. The topological polar surface area (TPSA) is 50.8 Å². The number of para-hydroxylation sites is 1. The maximum absolute atomic E-state index is 12.4. The number of carbonyl (C=O) groups is 1. The molecule has 0 fully saturated rings. The summed E-state index contributed by atoms with van der Waals surface area (Å²) >= 11 is 0. The SMILES string of the molecule is COc1ccc2c(c1)OCC([C@@H]1NC(=O)c3ccccc3N1C)=C2. The van der Waals surface area contributed by atoms with Crippen LogP contribution in [0.1, 0.15) is 15.9 Å². The predicted molar refractivity (Wildman–Crippen MR) is 92.6 cm³/mol. The molecule has 4 rings (SSSR count). The van der Waals surface area contributed by atoms with Gasteiger partial charge in [0, 0.05) is 24.3 Å². The first-order valence-corrected chi connectivity index (χ1v) is 7.81. The average Bonchev–Trinajstić information content (AvgIpc) is 2.64. The number of ether oxygens (including phenoxy) is 2. The molecule has 5 heteroatoms. The minimum atomic E-state index is -0.220. The third-order valence-corrected chi connectivity index (χ3v) is 4.49. The summed E-state index contributed by atoms with van der Waals surface area (Å²) in [7, 11) is 3.61. The number of likely N-dealkylation sites (N-methyl/N-ethyl adjacent to an activating group) is 1. The maximum atomic E-state index is 12.4. The first-order chi connectivity index (χ1) is 11.7. The molecule has 122 valence electrons. The van der Waals surface area contributed by atoms with Crippen LogP contribution in [0, 0.1) is 0 Å². The van der Waals surface area contributed by atoms with Crippen molar-refractivity contribution in [3.63, 3.8) is 0 Å². The van der Waals surface area contributed by atoms with Gasteiger partial charge in [0.05, 0.1) is 18.4 Å². The summed E-state index contributed by atoms with van der Waals surface area (Å²) in [4.78, 5) is 14.5. The van der Waals surface area contributed by atoms with E-state index in [0.717, 1.165) is 28.3 Å². The number of carbonyl (C=O) groups excluding carboxylic acids is 1. The number of nitrogens with zero attached hydrogens (tertiary/aromatic N) is 1. The normalized spacial score (nSPS) is 18.8. The van der Waals surface area contributed by atoms with Crippen molar-refractivity contribution >= 4 is 17.7 Å². The average molecular weight is 322 g/mol. The largest absolute Gasteiger partial charge is 0.497 e. The van der Waals surface area contributed by atoms with Gasteiger partial charge >= 0.3 is 0 Å². The van der Waals surface area contributed by atoms with Gasteiger partial charge in [-0.15, -0.1) is 0 Å². The second-order valence-corrected chi connectivity index (χ2v) is 5.92. The van der Waals surface area contributed by atoms with Gasteiger partial charge in [0.25, 0.3) is 5.91 Å². The molecule has 0 radical (unpaired) electrons. The van der Waals surface area contributed by atoms with E-state index in [-0.39, 0.29) is 12.1 Å². The Morgan fingerprint density at radius 1 is 1.25 bits per heavy atom. The van der Waals surface area contributed by atoms with Gasteiger partial charge in [0.15, 0.2) is 0 Å². The van der Waals surface area contributed by atoms with Gasteiger partial charge in [0.1, 0.15) is 24.3 Å². The summed E-state index contributed by atoms with van der Waals surface area (Å²) in [6, 6.07) is 13.4. The molecule has 2 heterocycles. The molecule has 24 heavy (non-hydrogen) atoms. The lowest BCUT2D eigenvalue weighted by Gasteiger charge is -2.38. The van der Waals surface area contributed by atoms with Gasteiger partial charge in [-0.3, -0.25) is 4.79 Å². The number of anilines is 1. The summed E-state index contributed by atoms with van der Waals surface area (Å²) in [5.41, 5.74) is 3.61. The fourth-order valence-electron chi connectivity index (χ4n) is 3.20. The Morgan fingerprint density at radius 3 is 2.92 bits per heavy atom. The Hall–Kier alpha value is -2.95. The molecule has 0 unspecified atom stereocenters. The van der Waals surface area contributed by atoms with Crippen molar-refractivity contribution in [3.05, 3.63) is 59.2 Å². The fraction of sp³-hybridized carbons (Fsp3) is 0.211. The van der Waals surface area contributed by atoms with Crippen LogP contribution >= 0.6 is 0 Å². The standard InChI is InChI=1S/C19H18N2O3/c1-21-16-6-4-3-5-15(16)19(22)20-18(21)13-9-12-7-8-14(23-2)10-17(12)24-11-13/h3-10,18H,11H2,1-2H3,(H,20,22)/t18-/m1/s1. The second kappa shape index (κ2) is 5.60. The highest BCUT2D eigenvalue weighted by atomic mass is 16.5. The molecule has 0 aromatic heterocycles. The minimum Gasteiger partial charge on any atom is -0.497 e. The van der Waals surface area contributed by atoms with Crippen LogP contribution < -0.4 is 19.7 Å². The van der Waals surface area contributed by atoms with Gasteiger partial charge in [-0.2, -0.15) is 0 Å². The summed E-state index contributed by atoms with van der Waals surface area (Å²) in [6.45, 7) is 0.428. The van der Waals surface area contributed by atoms with Crippen molar-refractivity contribution in [1.29, 1.82) is 0 Å². The zero-order chi connectivity index (χ0) is 16.7. The Bertz CT molecular complexity index is 844. The quantitative estimate of drug-likeness (QED) is 0.923. The number of amides is 1. The van der Waals surface area contributed by atoms with E-state index >= 15 is 0 Å². The van der Waals surface area contributed by atoms with Crippen LogP contribution in [0.2, 0.25) is 0 Å². The zero-order valence-electron chi connectivity index (χ0n) is 13.6. The van der Waals surface area contributed by atoms with E-state index in [1.165, 1.54) is 0 Å². The van der Waals surface area contributed by atoms with Crippen LogP contribution in [0.15, 0.2) is 48.0 Å². The number of rotatable bonds is 2. The van der Waals surface area contributed by atoms with E-state index in [1.54, 1.807) is 7.11 Å². The molecule has 1 atom stereocenters. The van der Waals surface area contributed by atoms with E-state index in [0.29, 0.717) is 12.2 Å². The lowest BCUT2D eigenvalue weighted by Crippen LogP contribution is -2.53. The van der Waals surface area contributed by atoms with Crippen LogP contribution in [0.4, 0.5) is 5.69 Å². The molecule has 0 spiro atoms. The van der Waals surface area contributed by atoms with Gasteiger partial charge in [-0.05, 0) is 30.3 Å². The predicted octanol–water partition coefficient (Wildman–Crippen LogP) is 2.68. The monoisotopic (exact) mass is 322 g/mol. The van der Waals surface area contributed by atoms with Gasteiger partial charge in [-0.25, -0.2) is 0 Å². The lowest BCUT2D eigenvalue weighted by molar-refractivity contribution is 0.0933. The molecule has 2 aromatic rings. The number of benzene rings is 2. The maximum Gasteiger partial charge on any atom is 0.255 e. The van der Waals surface area contributed by atoms with Gasteiger partial charge in [-0.1, -0.05) is 12.1 Å². The van der Waals surface area contributed by atoms with Crippen molar-refractivity contribution in [2.75, 3.05) is 25.7 Å². The van der Waals surface area contributed by atoms with Crippen LogP contribution in [-0.2, 0) is 0 Å².